The second-order valence-corrected chi connectivity index (χ2v) is 3.42. The lowest BCUT2D eigenvalue weighted by Crippen LogP contribution is -1.98. The van der Waals surface area contributed by atoms with Gasteiger partial charge in [-0.2, -0.15) is 0 Å². The molecule has 1 unspecified atom stereocenters. The molecule has 0 rings (SSSR count). The highest BCUT2D eigenvalue weighted by Crippen LogP contribution is 2.05. The van der Waals surface area contributed by atoms with Gasteiger partial charge in [0.15, 0.2) is 0 Å². The maximum absolute atomic E-state index is 8.82. The maximum atomic E-state index is 8.82. The van der Waals surface area contributed by atoms with Crippen LogP contribution in [-0.2, 0) is 0 Å². The van der Waals surface area contributed by atoms with Crippen LogP contribution < -0.4 is 0 Å². The lowest BCUT2D eigenvalue weighted by molar-refractivity contribution is 0.206. The highest BCUT2D eigenvalue weighted by molar-refractivity contribution is 8.13. The van der Waals surface area contributed by atoms with Gasteiger partial charge in [-0.05, 0) is 26.0 Å². The van der Waals surface area contributed by atoms with Gasteiger partial charge in [0.25, 0.3) is 0 Å². The fourth-order valence-corrected chi connectivity index (χ4v) is 1.28. The molecule has 0 saturated carbocycles. The van der Waals surface area contributed by atoms with Crippen LogP contribution in [0.3, 0.4) is 0 Å². The van der Waals surface area contributed by atoms with Crippen LogP contribution in [0, 0.1) is 0 Å². The zero-order valence-electron chi connectivity index (χ0n) is 6.79. The van der Waals surface area contributed by atoms with E-state index in [9.17, 15) is 0 Å². The molecule has 1 atom stereocenters. The molecular formula is C7H15NOS. The van der Waals surface area contributed by atoms with E-state index in [-0.39, 0.29) is 0 Å². The van der Waals surface area contributed by atoms with Crippen molar-refractivity contribution >= 4 is 16.8 Å². The van der Waals surface area contributed by atoms with Crippen molar-refractivity contribution in [2.24, 2.45) is 4.99 Å². The predicted octanol–water partition coefficient (Wildman–Crippen LogP) is 1.89. The van der Waals surface area contributed by atoms with Crippen LogP contribution >= 0.6 is 11.8 Å². The summed E-state index contributed by atoms with van der Waals surface area (Å²) < 4.78 is 0. The Balaban J connectivity index is 3.49. The molecule has 0 aromatic carbocycles. The Kier molecular flexibility index (Phi) is 5.73. The van der Waals surface area contributed by atoms with Crippen molar-refractivity contribution in [2.75, 3.05) is 5.75 Å². The first-order valence-electron chi connectivity index (χ1n) is 3.52. The largest absolute Gasteiger partial charge is 0.372 e. The summed E-state index contributed by atoms with van der Waals surface area (Å²) in [6, 6.07) is 0. The molecule has 1 N–H and O–H groups in total. The van der Waals surface area contributed by atoms with Crippen LogP contribution in [0.5, 0.6) is 0 Å². The van der Waals surface area contributed by atoms with E-state index < -0.39 is 6.23 Å². The minimum Gasteiger partial charge on any atom is -0.372 e. The van der Waals surface area contributed by atoms with Gasteiger partial charge in [-0.3, -0.25) is 4.99 Å². The Morgan fingerprint density at radius 2 is 2.30 bits per heavy atom. The van der Waals surface area contributed by atoms with Gasteiger partial charge in [0.2, 0.25) is 0 Å². The van der Waals surface area contributed by atoms with Crippen LogP contribution in [0.15, 0.2) is 4.99 Å². The molecule has 0 fully saturated rings. The van der Waals surface area contributed by atoms with Gasteiger partial charge in [0, 0.05) is 0 Å². The van der Waals surface area contributed by atoms with Crippen LogP contribution in [0.2, 0.25) is 0 Å². The van der Waals surface area contributed by atoms with Gasteiger partial charge in [-0.1, -0.05) is 6.92 Å². The smallest absolute Gasteiger partial charge is 0.143 e. The van der Waals surface area contributed by atoms with E-state index in [2.05, 4.69) is 11.9 Å². The van der Waals surface area contributed by atoms with Crippen LogP contribution in [0.4, 0.5) is 0 Å². The summed E-state index contributed by atoms with van der Waals surface area (Å²) in [5.74, 6) is 1.09. The molecule has 0 aromatic rings. The third kappa shape index (κ3) is 6.11. The average Bonchev–Trinajstić information content (AvgIpc) is 1.82. The van der Waals surface area contributed by atoms with Gasteiger partial charge in [-0.25, -0.2) is 0 Å². The maximum Gasteiger partial charge on any atom is 0.143 e. The van der Waals surface area contributed by atoms with Gasteiger partial charge in [-0.15, -0.1) is 11.8 Å². The normalized spacial score (nSPS) is 15.4. The van der Waals surface area contributed by atoms with Gasteiger partial charge in [0.05, 0.1) is 5.04 Å². The quantitative estimate of drug-likeness (QED) is 0.506. The molecule has 2 nitrogen and oxygen atoms in total. The number of aliphatic hydroxyl groups is 1. The first-order valence-corrected chi connectivity index (χ1v) is 4.50. The van der Waals surface area contributed by atoms with Crippen molar-refractivity contribution in [3.05, 3.63) is 0 Å². The third-order valence-corrected chi connectivity index (χ3v) is 2.02. The molecule has 0 spiro atoms. The van der Waals surface area contributed by atoms with E-state index in [1.54, 1.807) is 18.7 Å². The van der Waals surface area contributed by atoms with Crippen LogP contribution in [0.25, 0.3) is 0 Å². The molecule has 0 aliphatic carbocycles. The molecule has 60 valence electrons. The molecule has 0 aliphatic rings. The molecule has 0 amide bonds. The summed E-state index contributed by atoms with van der Waals surface area (Å²) in [5.41, 5.74) is 0. The van der Waals surface area contributed by atoms with E-state index in [1.807, 2.05) is 6.92 Å². The number of rotatable bonds is 3. The van der Waals surface area contributed by atoms with Gasteiger partial charge in [0.1, 0.15) is 6.23 Å². The standard InChI is InChI=1S/C7H15NOS/c1-4-5-10-7(3)8-6(2)9/h6,9H,4-5H2,1-3H3. The zero-order valence-corrected chi connectivity index (χ0v) is 7.61. The van der Waals surface area contributed by atoms with Crippen molar-refractivity contribution in [3.63, 3.8) is 0 Å². The van der Waals surface area contributed by atoms with Crippen molar-refractivity contribution in [3.8, 4) is 0 Å². The third-order valence-electron chi connectivity index (χ3n) is 0.884. The monoisotopic (exact) mass is 161 g/mol. The summed E-state index contributed by atoms with van der Waals surface area (Å²) in [6.07, 6.45) is 0.599. The summed E-state index contributed by atoms with van der Waals surface area (Å²) in [6.45, 7) is 5.71. The van der Waals surface area contributed by atoms with E-state index in [4.69, 9.17) is 5.11 Å². The Bertz CT molecular complexity index is 112. The van der Waals surface area contributed by atoms with Crippen molar-refractivity contribution in [2.45, 2.75) is 33.4 Å². The Morgan fingerprint density at radius 3 is 2.70 bits per heavy atom. The highest BCUT2D eigenvalue weighted by Gasteiger charge is 1.93. The average molecular weight is 161 g/mol. The summed E-state index contributed by atoms with van der Waals surface area (Å²) in [4.78, 5) is 3.95. The second-order valence-electron chi connectivity index (χ2n) is 2.13. The molecule has 3 heteroatoms. The number of thioether (sulfide) groups is 1. The second kappa shape index (κ2) is 5.74. The number of aliphatic imine (C=N–C) groups is 1. The fraction of sp³-hybridized carbons (Fsp3) is 0.857. The molecule has 0 heterocycles. The first kappa shape index (κ1) is 9.98. The van der Waals surface area contributed by atoms with Crippen molar-refractivity contribution in [1.29, 1.82) is 0 Å². The zero-order chi connectivity index (χ0) is 7.98. The predicted molar refractivity (Wildman–Crippen MR) is 47.5 cm³/mol. The summed E-state index contributed by atoms with van der Waals surface area (Å²) >= 11 is 1.69. The lowest BCUT2D eigenvalue weighted by Gasteiger charge is -1.99. The molecule has 0 saturated heterocycles. The molecule has 0 aliphatic heterocycles. The molecule has 0 aromatic heterocycles. The van der Waals surface area contributed by atoms with Crippen LogP contribution in [0.1, 0.15) is 27.2 Å². The molecule has 0 bridgehead atoms. The SMILES string of the molecule is CCCSC(C)=NC(C)O. The van der Waals surface area contributed by atoms with Gasteiger partial charge < -0.3 is 5.11 Å². The topological polar surface area (TPSA) is 32.6 Å². The van der Waals surface area contributed by atoms with Gasteiger partial charge >= 0.3 is 0 Å². The van der Waals surface area contributed by atoms with E-state index in [1.165, 1.54) is 0 Å². The minimum absolute atomic E-state index is 0.552. The van der Waals surface area contributed by atoms with E-state index in [0.717, 1.165) is 17.2 Å². The molecule has 10 heavy (non-hydrogen) atoms. The Hall–Kier alpha value is -0.0200. The Labute approximate surface area is 66.7 Å². The number of hydrogen-bond acceptors (Lipinski definition) is 3. The van der Waals surface area contributed by atoms with Crippen LogP contribution in [-0.4, -0.2) is 22.1 Å². The number of aliphatic hydroxyl groups excluding tert-OH is 1. The lowest BCUT2D eigenvalue weighted by atomic mass is 10.6. The number of nitrogens with zero attached hydrogens (tertiary/aromatic N) is 1. The van der Waals surface area contributed by atoms with Crippen molar-refractivity contribution < 1.29 is 5.11 Å². The van der Waals surface area contributed by atoms with Crippen molar-refractivity contribution in [1.82, 2.24) is 0 Å². The number of hydrogen-bond donors (Lipinski definition) is 1. The first-order chi connectivity index (χ1) is 4.66. The Morgan fingerprint density at radius 1 is 1.70 bits per heavy atom. The molecular weight excluding hydrogens is 146 g/mol. The molecule has 0 radical (unpaired) electrons. The summed E-state index contributed by atoms with van der Waals surface area (Å²) in [5, 5.41) is 9.79. The fourth-order valence-electron chi connectivity index (χ4n) is 0.550. The van der Waals surface area contributed by atoms with E-state index in [0.29, 0.717) is 0 Å². The summed E-state index contributed by atoms with van der Waals surface area (Å²) in [7, 11) is 0. The van der Waals surface area contributed by atoms with E-state index >= 15 is 0 Å². The highest BCUT2D eigenvalue weighted by atomic mass is 32.2. The minimum atomic E-state index is -0.552.